The minimum atomic E-state index is -0.554. The third kappa shape index (κ3) is 11.6. The summed E-state index contributed by atoms with van der Waals surface area (Å²) in [7, 11) is 1.47. The average Bonchev–Trinajstić information content (AvgIpc) is 2.30. The molecule has 0 spiro atoms. The van der Waals surface area contributed by atoms with Gasteiger partial charge in [-0.1, -0.05) is 0 Å². The van der Waals surface area contributed by atoms with Crippen molar-refractivity contribution in [3.63, 3.8) is 0 Å². The summed E-state index contributed by atoms with van der Waals surface area (Å²) in [4.78, 5) is 26.5. The molecule has 7 heteroatoms. The number of carbonyl (C=O) groups excluding carboxylic acids is 2. The zero-order chi connectivity index (χ0) is 14.7. The molecule has 0 heterocycles. The van der Waals surface area contributed by atoms with Crippen LogP contribution < -0.4 is 0 Å². The minimum Gasteiger partial charge on any atom is -0.442 e. The third-order valence-corrected chi connectivity index (χ3v) is 1.72. The lowest BCUT2D eigenvalue weighted by Crippen LogP contribution is -2.35. The average molecular weight is 277 g/mol. The maximum absolute atomic E-state index is 11.5. The van der Waals surface area contributed by atoms with Crippen LogP contribution in [0.3, 0.4) is 0 Å². The Bertz CT molecular complexity index is 263. The van der Waals surface area contributed by atoms with Crippen molar-refractivity contribution >= 4 is 12.4 Å². The second-order valence-corrected chi connectivity index (χ2v) is 4.66. The summed E-state index contributed by atoms with van der Waals surface area (Å²) < 4.78 is 15.1. The molecule has 0 fully saturated rings. The molecule has 0 aliphatic carbocycles. The van der Waals surface area contributed by atoms with Gasteiger partial charge in [0.05, 0.1) is 26.4 Å². The monoisotopic (exact) mass is 277 g/mol. The van der Waals surface area contributed by atoms with Crippen molar-refractivity contribution in [2.24, 2.45) is 0 Å². The minimum absolute atomic E-state index is 0.0707. The summed E-state index contributed by atoms with van der Waals surface area (Å²) in [5, 5.41) is 1.03. The van der Waals surface area contributed by atoms with E-state index >= 15 is 0 Å². The van der Waals surface area contributed by atoms with E-state index < -0.39 is 11.7 Å². The zero-order valence-corrected chi connectivity index (χ0v) is 12.0. The predicted molar refractivity (Wildman–Crippen MR) is 67.7 cm³/mol. The fourth-order valence-electron chi connectivity index (χ4n) is 0.963. The summed E-state index contributed by atoms with van der Waals surface area (Å²) in [6.07, 6.45) is 0.126. The Labute approximate surface area is 113 Å². The molecule has 0 atom stereocenters. The number of hydrogen-bond acceptors (Lipinski definition) is 6. The number of aldehydes is 1. The molecular formula is C12H23NO6. The molecule has 0 unspecified atom stereocenters. The van der Waals surface area contributed by atoms with Crippen LogP contribution >= 0.6 is 0 Å². The largest absolute Gasteiger partial charge is 0.442 e. The van der Waals surface area contributed by atoms with E-state index in [0.29, 0.717) is 26.1 Å². The molecule has 0 aliphatic heterocycles. The summed E-state index contributed by atoms with van der Waals surface area (Å²) in [5.74, 6) is 0. The first-order valence-electron chi connectivity index (χ1n) is 6.05. The van der Waals surface area contributed by atoms with Crippen LogP contribution in [0.2, 0.25) is 0 Å². The fourth-order valence-corrected chi connectivity index (χ4v) is 0.963. The summed E-state index contributed by atoms with van der Waals surface area (Å²) in [5.41, 5.74) is -0.554. The van der Waals surface area contributed by atoms with Crippen molar-refractivity contribution in [2.75, 3.05) is 40.1 Å². The quantitative estimate of drug-likeness (QED) is 0.356. The van der Waals surface area contributed by atoms with Gasteiger partial charge >= 0.3 is 6.09 Å². The highest BCUT2D eigenvalue weighted by atomic mass is 16.7. The molecule has 0 saturated carbocycles. The van der Waals surface area contributed by atoms with Gasteiger partial charge < -0.3 is 19.0 Å². The molecule has 0 aromatic carbocycles. The second-order valence-electron chi connectivity index (χ2n) is 4.66. The number of carbonyl (C=O) groups is 2. The number of rotatable bonds is 9. The topological polar surface area (TPSA) is 74.3 Å². The van der Waals surface area contributed by atoms with E-state index in [1.165, 1.54) is 7.05 Å². The van der Waals surface area contributed by atoms with Gasteiger partial charge in [0, 0.05) is 7.05 Å². The number of ether oxygens (including phenoxy) is 3. The van der Waals surface area contributed by atoms with Crippen molar-refractivity contribution in [3.8, 4) is 0 Å². The van der Waals surface area contributed by atoms with E-state index in [1.807, 2.05) is 0 Å². The van der Waals surface area contributed by atoms with Crippen LogP contribution in [-0.4, -0.2) is 63.1 Å². The molecule has 0 bridgehead atoms. The maximum atomic E-state index is 11.5. The van der Waals surface area contributed by atoms with E-state index in [2.05, 4.69) is 0 Å². The van der Waals surface area contributed by atoms with Crippen molar-refractivity contribution in [3.05, 3.63) is 0 Å². The lowest BCUT2D eigenvalue weighted by molar-refractivity contribution is -0.143. The molecular weight excluding hydrogens is 254 g/mol. The summed E-state index contributed by atoms with van der Waals surface area (Å²) in [6.45, 7) is 6.67. The van der Waals surface area contributed by atoms with Crippen LogP contribution in [0.5, 0.6) is 0 Å². The summed E-state index contributed by atoms with van der Waals surface area (Å²) in [6, 6.07) is 0. The Morgan fingerprint density at radius 1 is 1.11 bits per heavy atom. The Morgan fingerprint density at radius 2 is 1.68 bits per heavy atom. The van der Waals surface area contributed by atoms with Gasteiger partial charge in [0.15, 0.2) is 0 Å². The van der Waals surface area contributed by atoms with E-state index in [1.54, 1.807) is 20.8 Å². The molecule has 19 heavy (non-hydrogen) atoms. The van der Waals surface area contributed by atoms with E-state index in [9.17, 15) is 9.59 Å². The zero-order valence-electron chi connectivity index (χ0n) is 12.0. The first-order chi connectivity index (χ1) is 8.87. The molecule has 0 aromatic heterocycles. The highest BCUT2D eigenvalue weighted by Crippen LogP contribution is 2.08. The first-order valence-corrected chi connectivity index (χ1v) is 6.05. The number of hydrogen-bond donors (Lipinski definition) is 0. The lowest BCUT2D eigenvalue weighted by Gasteiger charge is -2.23. The van der Waals surface area contributed by atoms with E-state index in [0.717, 1.165) is 5.06 Å². The van der Waals surface area contributed by atoms with E-state index in [-0.39, 0.29) is 13.2 Å². The molecule has 0 rings (SSSR count). The van der Waals surface area contributed by atoms with Crippen molar-refractivity contribution < 1.29 is 28.6 Å². The normalized spacial score (nSPS) is 11.2. The Morgan fingerprint density at radius 3 is 2.26 bits per heavy atom. The molecule has 0 aliphatic rings. The van der Waals surface area contributed by atoms with Crippen molar-refractivity contribution in [1.82, 2.24) is 5.06 Å². The van der Waals surface area contributed by atoms with Crippen molar-refractivity contribution in [2.45, 2.75) is 26.4 Å². The van der Waals surface area contributed by atoms with Crippen LogP contribution in [0.4, 0.5) is 4.79 Å². The predicted octanol–water partition coefficient (Wildman–Crippen LogP) is 1.02. The molecule has 112 valence electrons. The molecule has 0 aromatic rings. The molecule has 0 saturated heterocycles. The van der Waals surface area contributed by atoms with Gasteiger partial charge in [-0.15, -0.1) is 0 Å². The van der Waals surface area contributed by atoms with Crippen LogP contribution in [0.25, 0.3) is 0 Å². The van der Waals surface area contributed by atoms with Crippen LogP contribution in [-0.2, 0) is 23.8 Å². The van der Waals surface area contributed by atoms with Crippen molar-refractivity contribution in [1.29, 1.82) is 0 Å². The van der Waals surface area contributed by atoms with Gasteiger partial charge in [-0.05, 0) is 20.8 Å². The standard InChI is InChI=1S/C12H23NO6/c1-12(2,3)19-11(15)13(4)18-10-9-17-8-7-16-6-5-14/h5H,6-10H2,1-4H3. The Balaban J connectivity index is 3.50. The third-order valence-electron chi connectivity index (χ3n) is 1.72. The van der Waals surface area contributed by atoms with Gasteiger partial charge in [0.1, 0.15) is 18.5 Å². The highest BCUT2D eigenvalue weighted by molar-refractivity contribution is 5.66. The molecule has 1 amide bonds. The molecule has 0 N–H and O–H groups in total. The first kappa shape index (κ1) is 17.8. The van der Waals surface area contributed by atoms with Crippen LogP contribution in [0.15, 0.2) is 0 Å². The van der Waals surface area contributed by atoms with Gasteiger partial charge in [-0.2, -0.15) is 5.06 Å². The second kappa shape index (κ2) is 9.71. The highest BCUT2D eigenvalue weighted by Gasteiger charge is 2.19. The number of hydroxylamine groups is 2. The van der Waals surface area contributed by atoms with Crippen LogP contribution in [0.1, 0.15) is 20.8 Å². The summed E-state index contributed by atoms with van der Waals surface area (Å²) >= 11 is 0. The number of nitrogens with zero attached hydrogens (tertiary/aromatic N) is 1. The van der Waals surface area contributed by atoms with E-state index in [4.69, 9.17) is 19.0 Å². The molecule has 0 radical (unpaired) electrons. The smallest absolute Gasteiger partial charge is 0.434 e. The van der Waals surface area contributed by atoms with Gasteiger partial charge in [0.25, 0.3) is 0 Å². The maximum Gasteiger partial charge on any atom is 0.434 e. The Kier molecular flexibility index (Phi) is 9.11. The van der Waals surface area contributed by atoms with Gasteiger partial charge in [-0.3, -0.25) is 4.84 Å². The van der Waals surface area contributed by atoms with Crippen LogP contribution in [0, 0.1) is 0 Å². The Hall–Kier alpha value is -1.18. The SMILES string of the molecule is CN(OCCOCCOCC=O)C(=O)OC(C)(C)C. The molecule has 7 nitrogen and oxygen atoms in total. The van der Waals surface area contributed by atoms with Gasteiger partial charge in [-0.25, -0.2) is 4.79 Å². The number of amides is 1. The van der Waals surface area contributed by atoms with Gasteiger partial charge in [0.2, 0.25) is 0 Å². The fraction of sp³-hybridized carbons (Fsp3) is 0.833. The lowest BCUT2D eigenvalue weighted by atomic mass is 10.2.